The summed E-state index contributed by atoms with van der Waals surface area (Å²) in [6, 6.07) is 4.47. The summed E-state index contributed by atoms with van der Waals surface area (Å²) in [6.07, 6.45) is 6.55. The predicted molar refractivity (Wildman–Crippen MR) is 72.4 cm³/mol. The third-order valence-corrected chi connectivity index (χ3v) is 4.60. The van der Waals surface area contributed by atoms with Crippen LogP contribution in [0.1, 0.15) is 25.3 Å². The molecular formula is C13H17N3OS. The van der Waals surface area contributed by atoms with Gasteiger partial charge in [-0.1, -0.05) is 6.07 Å². The van der Waals surface area contributed by atoms with Gasteiger partial charge in [-0.15, -0.1) is 11.3 Å². The van der Waals surface area contributed by atoms with E-state index in [1.54, 1.807) is 11.3 Å². The molecule has 3 N–H and O–H groups in total. The Balaban J connectivity index is 1.89. The molecule has 3 rings (SSSR count). The lowest BCUT2D eigenvalue weighted by atomic mass is 10.0. The van der Waals surface area contributed by atoms with Crippen molar-refractivity contribution in [1.82, 2.24) is 9.55 Å². The van der Waals surface area contributed by atoms with Crippen LogP contribution in [0.25, 0.3) is 10.7 Å². The highest BCUT2D eigenvalue weighted by Gasteiger charge is 2.36. The number of nitrogens with two attached hydrogens (primary N) is 1. The van der Waals surface area contributed by atoms with Crippen molar-refractivity contribution in [2.45, 2.75) is 30.8 Å². The average Bonchev–Trinajstić information content (AvgIpc) is 3.08. The maximum atomic E-state index is 9.35. The minimum absolute atomic E-state index is 0.0620. The first-order chi connectivity index (χ1) is 8.72. The lowest BCUT2D eigenvalue weighted by Gasteiger charge is -2.21. The van der Waals surface area contributed by atoms with Crippen LogP contribution < -0.4 is 5.73 Å². The van der Waals surface area contributed by atoms with Gasteiger partial charge >= 0.3 is 0 Å². The molecule has 0 bridgehead atoms. The third-order valence-electron chi connectivity index (χ3n) is 3.74. The van der Waals surface area contributed by atoms with E-state index < -0.39 is 5.54 Å². The average molecular weight is 263 g/mol. The Kier molecular flexibility index (Phi) is 2.97. The Labute approximate surface area is 110 Å². The van der Waals surface area contributed by atoms with Crippen LogP contribution in [0.2, 0.25) is 0 Å². The topological polar surface area (TPSA) is 64.1 Å². The molecule has 2 aromatic heterocycles. The number of hydrogen-bond acceptors (Lipinski definition) is 4. The summed E-state index contributed by atoms with van der Waals surface area (Å²) in [5.41, 5.74) is 5.73. The molecule has 1 fully saturated rings. The molecular weight excluding hydrogens is 246 g/mol. The van der Waals surface area contributed by atoms with Crippen LogP contribution in [0.5, 0.6) is 0 Å². The van der Waals surface area contributed by atoms with Gasteiger partial charge in [0, 0.05) is 24.0 Å². The van der Waals surface area contributed by atoms with Gasteiger partial charge in [-0.3, -0.25) is 0 Å². The molecule has 0 amide bonds. The Morgan fingerprint density at radius 3 is 3.17 bits per heavy atom. The fraction of sp³-hybridized carbons (Fsp3) is 0.462. The summed E-state index contributed by atoms with van der Waals surface area (Å²) < 4.78 is 2.20. The van der Waals surface area contributed by atoms with Crippen molar-refractivity contribution in [3.63, 3.8) is 0 Å². The van der Waals surface area contributed by atoms with Crippen molar-refractivity contribution in [3.05, 3.63) is 29.9 Å². The highest BCUT2D eigenvalue weighted by atomic mass is 32.1. The molecule has 96 valence electrons. The van der Waals surface area contributed by atoms with Crippen molar-refractivity contribution in [2.75, 3.05) is 6.61 Å². The van der Waals surface area contributed by atoms with E-state index in [-0.39, 0.29) is 6.61 Å². The summed E-state index contributed by atoms with van der Waals surface area (Å²) in [5, 5.41) is 11.4. The van der Waals surface area contributed by atoms with Crippen molar-refractivity contribution >= 4 is 11.3 Å². The Morgan fingerprint density at radius 1 is 1.61 bits per heavy atom. The lowest BCUT2D eigenvalue weighted by molar-refractivity contribution is 0.196. The van der Waals surface area contributed by atoms with E-state index in [0.717, 1.165) is 25.1 Å². The van der Waals surface area contributed by atoms with E-state index in [4.69, 9.17) is 5.73 Å². The molecule has 0 spiro atoms. The first-order valence-corrected chi connectivity index (χ1v) is 7.06. The molecule has 1 saturated carbocycles. The molecule has 2 aromatic rings. The van der Waals surface area contributed by atoms with Gasteiger partial charge in [-0.2, -0.15) is 0 Å². The smallest absolute Gasteiger partial charge is 0.150 e. The van der Waals surface area contributed by atoms with Gasteiger partial charge in [-0.05, 0) is 30.7 Å². The Hall–Kier alpha value is -1.17. The lowest BCUT2D eigenvalue weighted by Crippen LogP contribution is -2.40. The minimum atomic E-state index is -0.415. The molecule has 4 nitrogen and oxygen atoms in total. The zero-order valence-corrected chi connectivity index (χ0v) is 10.9. The molecule has 2 heterocycles. The van der Waals surface area contributed by atoms with Crippen LogP contribution in [-0.4, -0.2) is 26.8 Å². The van der Waals surface area contributed by atoms with Gasteiger partial charge in [0.05, 0.1) is 11.5 Å². The quantitative estimate of drug-likeness (QED) is 0.890. The fourth-order valence-corrected chi connectivity index (χ4v) is 3.44. The Bertz CT molecular complexity index is 522. The normalized spacial score (nSPS) is 27.8. The molecule has 0 aliphatic heterocycles. The van der Waals surface area contributed by atoms with E-state index >= 15 is 0 Å². The highest BCUT2D eigenvalue weighted by molar-refractivity contribution is 7.13. The molecule has 1 aliphatic rings. The van der Waals surface area contributed by atoms with E-state index in [1.165, 1.54) is 4.88 Å². The summed E-state index contributed by atoms with van der Waals surface area (Å²) in [4.78, 5) is 5.63. The fourth-order valence-electron chi connectivity index (χ4n) is 2.71. The predicted octanol–water partition coefficient (Wildman–Crippen LogP) is 2.03. The number of aliphatic hydroxyl groups excluding tert-OH is 1. The first kappa shape index (κ1) is 11.9. The number of hydrogen-bond donors (Lipinski definition) is 2. The SMILES string of the molecule is NC1(CO)CCC(n2ccnc2-c2cccs2)C1. The van der Waals surface area contributed by atoms with E-state index in [9.17, 15) is 5.11 Å². The zero-order chi connectivity index (χ0) is 12.6. The maximum absolute atomic E-state index is 9.35. The van der Waals surface area contributed by atoms with Gasteiger partial charge in [0.2, 0.25) is 0 Å². The summed E-state index contributed by atoms with van der Waals surface area (Å²) >= 11 is 1.70. The zero-order valence-electron chi connectivity index (χ0n) is 10.1. The van der Waals surface area contributed by atoms with Crippen LogP contribution >= 0.6 is 11.3 Å². The molecule has 18 heavy (non-hydrogen) atoms. The molecule has 0 radical (unpaired) electrons. The van der Waals surface area contributed by atoms with E-state index in [1.807, 2.05) is 18.5 Å². The molecule has 0 aromatic carbocycles. The molecule has 5 heteroatoms. The van der Waals surface area contributed by atoms with Gasteiger partial charge in [0.1, 0.15) is 5.82 Å². The number of aliphatic hydroxyl groups is 1. The standard InChI is InChI=1S/C13H17N3OS/c14-13(9-17)4-3-10(8-13)16-6-5-15-12(16)11-2-1-7-18-11/h1-2,5-7,10,17H,3-4,8-9,14H2. The molecule has 2 unspecified atom stereocenters. The summed E-state index contributed by atoms with van der Waals surface area (Å²) in [5.74, 6) is 1.01. The van der Waals surface area contributed by atoms with Gasteiger partial charge in [0.15, 0.2) is 0 Å². The second-order valence-corrected chi connectivity index (χ2v) is 6.00. The summed E-state index contributed by atoms with van der Waals surface area (Å²) in [6.45, 7) is 0.0620. The second kappa shape index (κ2) is 4.50. The minimum Gasteiger partial charge on any atom is -0.394 e. The van der Waals surface area contributed by atoms with E-state index in [2.05, 4.69) is 21.0 Å². The largest absolute Gasteiger partial charge is 0.394 e. The van der Waals surface area contributed by atoms with Crippen LogP contribution in [0.4, 0.5) is 0 Å². The molecule has 0 saturated heterocycles. The van der Waals surface area contributed by atoms with Crippen LogP contribution in [0.15, 0.2) is 29.9 Å². The van der Waals surface area contributed by atoms with Crippen molar-refractivity contribution in [1.29, 1.82) is 0 Å². The van der Waals surface area contributed by atoms with Crippen LogP contribution in [0, 0.1) is 0 Å². The number of nitrogens with zero attached hydrogens (tertiary/aromatic N) is 2. The second-order valence-electron chi connectivity index (χ2n) is 5.05. The van der Waals surface area contributed by atoms with Crippen LogP contribution in [0.3, 0.4) is 0 Å². The number of imidazole rings is 1. The van der Waals surface area contributed by atoms with Crippen molar-refractivity contribution < 1.29 is 5.11 Å². The third kappa shape index (κ3) is 1.98. The highest BCUT2D eigenvalue weighted by Crippen LogP contribution is 2.38. The maximum Gasteiger partial charge on any atom is 0.150 e. The molecule has 2 atom stereocenters. The van der Waals surface area contributed by atoms with Crippen molar-refractivity contribution in [3.8, 4) is 10.7 Å². The number of rotatable bonds is 3. The van der Waals surface area contributed by atoms with E-state index in [0.29, 0.717) is 6.04 Å². The number of thiophene rings is 1. The Morgan fingerprint density at radius 2 is 2.50 bits per heavy atom. The first-order valence-electron chi connectivity index (χ1n) is 6.18. The van der Waals surface area contributed by atoms with Gasteiger partial charge in [0.25, 0.3) is 0 Å². The van der Waals surface area contributed by atoms with Gasteiger partial charge < -0.3 is 15.4 Å². The molecule has 1 aliphatic carbocycles. The monoisotopic (exact) mass is 263 g/mol. The van der Waals surface area contributed by atoms with Crippen molar-refractivity contribution in [2.24, 2.45) is 5.73 Å². The number of aromatic nitrogens is 2. The van der Waals surface area contributed by atoms with Gasteiger partial charge in [-0.25, -0.2) is 4.98 Å². The van der Waals surface area contributed by atoms with Crippen LogP contribution in [-0.2, 0) is 0 Å². The summed E-state index contributed by atoms with van der Waals surface area (Å²) in [7, 11) is 0.